The lowest BCUT2D eigenvalue weighted by atomic mass is 10.1. The Morgan fingerprint density at radius 1 is 1.19 bits per heavy atom. The van der Waals surface area contributed by atoms with E-state index in [1.54, 1.807) is 30.0 Å². The van der Waals surface area contributed by atoms with Gasteiger partial charge in [0.25, 0.3) is 0 Å². The number of rotatable bonds is 3. The maximum absolute atomic E-state index is 12.8. The van der Waals surface area contributed by atoms with Gasteiger partial charge in [-0.3, -0.25) is 0 Å². The monoisotopic (exact) mass is 350 g/mol. The molecule has 1 saturated heterocycles. The second-order valence-corrected chi connectivity index (χ2v) is 8.18. The van der Waals surface area contributed by atoms with Crippen LogP contribution in [0, 0.1) is 0 Å². The van der Waals surface area contributed by atoms with Gasteiger partial charge in [-0.15, -0.1) is 23.4 Å². The smallest absolute Gasteiger partial charge is 0.166 e. The lowest BCUT2D eigenvalue weighted by Gasteiger charge is -2.26. The van der Waals surface area contributed by atoms with Crippen LogP contribution in [0.4, 0.5) is 13.2 Å². The van der Waals surface area contributed by atoms with Crippen molar-refractivity contribution in [1.82, 2.24) is 0 Å². The van der Waals surface area contributed by atoms with Gasteiger partial charge in [-0.05, 0) is 23.8 Å². The molecule has 0 saturated carbocycles. The Hall–Kier alpha value is -0.520. The number of thioether (sulfide) groups is 2. The molecule has 0 aliphatic carbocycles. The Morgan fingerprint density at radius 3 is 2.62 bits per heavy atom. The van der Waals surface area contributed by atoms with Crippen LogP contribution >= 0.6 is 35.1 Å². The van der Waals surface area contributed by atoms with E-state index in [9.17, 15) is 13.2 Å². The van der Waals surface area contributed by atoms with Crippen LogP contribution in [0.2, 0.25) is 0 Å². The Labute approximate surface area is 135 Å². The Kier molecular flexibility index (Phi) is 5.74. The first kappa shape index (κ1) is 16.8. The Bertz CT molecular complexity index is 532. The first-order valence-electron chi connectivity index (χ1n) is 6.33. The molecule has 2 rings (SSSR count). The molecule has 1 atom stereocenters. The number of hydrogen-bond donors (Lipinski definition) is 0. The van der Waals surface area contributed by atoms with Gasteiger partial charge in [-0.25, -0.2) is 0 Å². The number of alkyl halides is 4. The van der Waals surface area contributed by atoms with Gasteiger partial charge in [-0.1, -0.05) is 42.5 Å². The van der Waals surface area contributed by atoms with Crippen LogP contribution in [0.3, 0.4) is 0 Å². The molecule has 0 spiro atoms. The highest BCUT2D eigenvalue weighted by atomic mass is 35.5. The molecule has 1 unspecified atom stereocenters. The quantitative estimate of drug-likeness (QED) is 0.481. The van der Waals surface area contributed by atoms with Crippen LogP contribution < -0.4 is 0 Å². The molecular weight excluding hydrogens is 337 g/mol. The lowest BCUT2D eigenvalue weighted by Crippen LogP contribution is -2.18. The van der Waals surface area contributed by atoms with Crippen molar-refractivity contribution in [2.24, 2.45) is 0 Å². The van der Waals surface area contributed by atoms with E-state index < -0.39 is 15.9 Å². The first-order valence-corrected chi connectivity index (χ1v) is 8.85. The van der Waals surface area contributed by atoms with Gasteiger partial charge in [0.15, 0.2) is 0 Å². The maximum Gasteiger partial charge on any atom is 0.416 e. The summed E-state index contributed by atoms with van der Waals surface area (Å²) in [6.07, 6.45) is 3.16. The minimum atomic E-state index is -4.34. The second-order valence-electron chi connectivity index (χ2n) is 4.51. The Morgan fingerprint density at radius 2 is 1.95 bits per heavy atom. The van der Waals surface area contributed by atoms with Crippen LogP contribution in [-0.4, -0.2) is 15.0 Å². The van der Waals surface area contributed by atoms with E-state index in [0.29, 0.717) is 0 Å². The van der Waals surface area contributed by atoms with Crippen LogP contribution in [0.5, 0.6) is 0 Å². The van der Waals surface area contributed by atoms with E-state index in [1.807, 2.05) is 17.8 Å². The summed E-state index contributed by atoms with van der Waals surface area (Å²) in [5.41, 5.74) is -0.469. The molecule has 0 bridgehead atoms. The summed E-state index contributed by atoms with van der Waals surface area (Å²) in [7, 11) is 0. The van der Waals surface area contributed by atoms with E-state index >= 15 is 0 Å². The van der Waals surface area contributed by atoms with Crippen LogP contribution in [0.25, 0.3) is 6.08 Å². The molecule has 0 amide bonds. The summed E-state index contributed by atoms with van der Waals surface area (Å²) in [5.74, 6) is 1.00. The third-order valence-electron chi connectivity index (χ3n) is 2.97. The van der Waals surface area contributed by atoms with Gasteiger partial charge in [0, 0.05) is 5.08 Å². The fraction of sp³-hybridized carbons (Fsp3) is 0.333. The van der Waals surface area contributed by atoms with Crippen molar-refractivity contribution in [2.45, 2.75) is 16.8 Å². The van der Waals surface area contributed by atoms with E-state index in [4.69, 9.17) is 11.6 Å². The molecule has 1 aromatic rings. The maximum atomic E-state index is 12.8. The van der Waals surface area contributed by atoms with E-state index in [-0.39, 0.29) is 5.56 Å². The summed E-state index contributed by atoms with van der Waals surface area (Å²) in [6.45, 7) is 0. The highest BCUT2D eigenvalue weighted by Gasteiger charge is 2.32. The predicted octanol–water partition coefficient (Wildman–Crippen LogP) is 6.04. The molecule has 114 valence electrons. The minimum absolute atomic E-state index is 0.158. The van der Waals surface area contributed by atoms with Gasteiger partial charge in [0.2, 0.25) is 0 Å². The zero-order valence-corrected chi connectivity index (χ0v) is 13.5. The summed E-state index contributed by atoms with van der Waals surface area (Å²) in [6, 6.07) is 5.52. The predicted molar refractivity (Wildman–Crippen MR) is 87.7 cm³/mol. The summed E-state index contributed by atoms with van der Waals surface area (Å²) in [5, 5.41) is 0.939. The molecule has 1 aliphatic heterocycles. The molecular formula is C15H14ClF3S2. The van der Waals surface area contributed by atoms with Crippen molar-refractivity contribution in [2.75, 3.05) is 10.8 Å². The van der Waals surface area contributed by atoms with Crippen molar-refractivity contribution in [3.05, 3.63) is 53.6 Å². The molecule has 21 heavy (non-hydrogen) atoms. The molecule has 1 fully saturated rings. The van der Waals surface area contributed by atoms with Crippen molar-refractivity contribution in [1.29, 1.82) is 0 Å². The van der Waals surface area contributed by atoms with Crippen LogP contribution in [-0.2, 0) is 6.18 Å². The molecule has 0 radical (unpaired) electrons. The topological polar surface area (TPSA) is 0 Å². The van der Waals surface area contributed by atoms with E-state index in [2.05, 4.69) is 0 Å². The molecule has 1 heterocycles. The molecule has 6 heteroatoms. The summed E-state index contributed by atoms with van der Waals surface area (Å²) < 4.78 is 38.1. The first-order chi connectivity index (χ1) is 9.91. The normalized spacial score (nSPS) is 24.0. The fourth-order valence-electron chi connectivity index (χ4n) is 1.87. The lowest BCUT2D eigenvalue weighted by molar-refractivity contribution is -0.137. The Balaban J connectivity index is 2.08. The SMILES string of the molecule is FC(F)(F)c1ccccc1C=CC=CC1(Cl)CCSCS1. The van der Waals surface area contributed by atoms with Gasteiger partial charge in [0.05, 0.1) is 5.56 Å². The van der Waals surface area contributed by atoms with Gasteiger partial charge < -0.3 is 0 Å². The molecule has 0 aromatic heterocycles. The minimum Gasteiger partial charge on any atom is -0.166 e. The largest absolute Gasteiger partial charge is 0.416 e. The number of allylic oxidation sites excluding steroid dienone is 2. The highest BCUT2D eigenvalue weighted by molar-refractivity contribution is 8.17. The number of benzene rings is 1. The third-order valence-corrected chi connectivity index (χ3v) is 6.06. The summed E-state index contributed by atoms with van der Waals surface area (Å²) in [4.78, 5) is 0. The molecule has 1 aliphatic rings. The van der Waals surface area contributed by atoms with Crippen molar-refractivity contribution < 1.29 is 13.2 Å². The molecule has 1 aromatic carbocycles. The molecule has 0 N–H and O–H groups in total. The average molecular weight is 351 g/mol. The second kappa shape index (κ2) is 7.16. The van der Waals surface area contributed by atoms with Crippen molar-refractivity contribution >= 4 is 41.2 Å². The van der Waals surface area contributed by atoms with Crippen LogP contribution in [0.15, 0.2) is 42.5 Å². The third kappa shape index (κ3) is 5.01. The van der Waals surface area contributed by atoms with Crippen molar-refractivity contribution in [3.8, 4) is 0 Å². The average Bonchev–Trinajstić information content (AvgIpc) is 2.44. The van der Waals surface area contributed by atoms with Crippen molar-refractivity contribution in [3.63, 3.8) is 0 Å². The highest BCUT2D eigenvalue weighted by Crippen LogP contribution is 2.42. The number of halogens is 4. The number of hydrogen-bond acceptors (Lipinski definition) is 2. The van der Waals surface area contributed by atoms with Gasteiger partial charge in [0.1, 0.15) is 4.21 Å². The van der Waals surface area contributed by atoms with E-state index in [0.717, 1.165) is 23.3 Å². The fourth-order valence-corrected chi connectivity index (χ4v) is 5.16. The zero-order chi connectivity index (χ0) is 15.3. The standard InChI is InChI=1S/C15H14ClF3S2/c16-14(9-10-20-11-21-14)8-4-3-6-12-5-1-2-7-13(12)15(17,18)19/h1-8H,9-11H2. The molecule has 0 nitrogen and oxygen atoms in total. The van der Waals surface area contributed by atoms with Gasteiger partial charge in [-0.2, -0.15) is 24.9 Å². The summed E-state index contributed by atoms with van der Waals surface area (Å²) >= 11 is 9.90. The van der Waals surface area contributed by atoms with Gasteiger partial charge >= 0.3 is 6.18 Å². The van der Waals surface area contributed by atoms with E-state index in [1.165, 1.54) is 18.2 Å². The zero-order valence-electron chi connectivity index (χ0n) is 11.1. The van der Waals surface area contributed by atoms with Crippen LogP contribution in [0.1, 0.15) is 17.5 Å².